The molecule has 104 valence electrons. The molecule has 0 unspecified atom stereocenters. The molecule has 0 spiro atoms. The van der Waals surface area contributed by atoms with Crippen molar-refractivity contribution in [3.8, 4) is 0 Å². The Morgan fingerprint density at radius 3 is 2.58 bits per heavy atom. The Bertz CT molecular complexity index is 610. The van der Waals surface area contributed by atoms with Crippen LogP contribution in [0, 0.1) is 10.1 Å². The van der Waals surface area contributed by atoms with Crippen LogP contribution in [0.1, 0.15) is 0 Å². The number of nitrogens with one attached hydrogen (secondary N) is 1. The first-order chi connectivity index (χ1) is 8.85. The summed E-state index contributed by atoms with van der Waals surface area (Å²) in [6, 6.07) is 3.84. The van der Waals surface area contributed by atoms with E-state index in [0.717, 1.165) is 6.07 Å². The van der Waals surface area contributed by atoms with Gasteiger partial charge in [0.2, 0.25) is 10.0 Å². The van der Waals surface area contributed by atoms with Crippen molar-refractivity contribution in [2.75, 3.05) is 25.0 Å². The standard InChI is InChI=1S/C10H14N4O4S/c1-12-19(17,18)8-2-3-9(10(4-8)14(15)16)13-5-7(11)6-13/h2-4,7,12H,5-6,11H2,1H3. The molecule has 0 saturated carbocycles. The molecule has 9 heteroatoms. The minimum absolute atomic E-state index is 0.000298. The van der Waals surface area contributed by atoms with Gasteiger partial charge in [-0.05, 0) is 19.2 Å². The van der Waals surface area contributed by atoms with Crippen molar-refractivity contribution in [3.05, 3.63) is 28.3 Å². The van der Waals surface area contributed by atoms with Gasteiger partial charge in [-0.1, -0.05) is 0 Å². The maximum absolute atomic E-state index is 11.6. The van der Waals surface area contributed by atoms with E-state index in [1.165, 1.54) is 19.2 Å². The summed E-state index contributed by atoms with van der Waals surface area (Å²) in [5.41, 5.74) is 5.79. The smallest absolute Gasteiger partial charge is 0.293 e. The number of nitro benzene ring substituents is 1. The molecule has 0 atom stereocenters. The molecule has 3 N–H and O–H groups in total. The summed E-state index contributed by atoms with van der Waals surface area (Å²) in [5, 5.41) is 11.0. The van der Waals surface area contributed by atoms with Gasteiger partial charge in [0.1, 0.15) is 5.69 Å². The van der Waals surface area contributed by atoms with Crippen LogP contribution < -0.4 is 15.4 Å². The average molecular weight is 286 g/mol. The Hall–Kier alpha value is -1.71. The maximum atomic E-state index is 11.6. The van der Waals surface area contributed by atoms with Gasteiger partial charge < -0.3 is 10.6 Å². The second-order valence-corrected chi connectivity index (χ2v) is 6.17. The van der Waals surface area contributed by atoms with Gasteiger partial charge in [0.25, 0.3) is 5.69 Å². The molecule has 1 heterocycles. The predicted molar refractivity (Wildman–Crippen MR) is 69.5 cm³/mol. The summed E-state index contributed by atoms with van der Waals surface area (Å²) in [6.07, 6.45) is 0. The molecule has 0 aliphatic carbocycles. The fraction of sp³-hybridized carbons (Fsp3) is 0.400. The second-order valence-electron chi connectivity index (χ2n) is 4.28. The lowest BCUT2D eigenvalue weighted by Gasteiger charge is -2.38. The highest BCUT2D eigenvalue weighted by molar-refractivity contribution is 7.89. The van der Waals surface area contributed by atoms with Crippen LogP contribution in [-0.2, 0) is 10.0 Å². The van der Waals surface area contributed by atoms with Crippen molar-refractivity contribution in [2.45, 2.75) is 10.9 Å². The van der Waals surface area contributed by atoms with Crippen LogP contribution >= 0.6 is 0 Å². The van der Waals surface area contributed by atoms with E-state index in [1.807, 2.05) is 0 Å². The van der Waals surface area contributed by atoms with E-state index in [-0.39, 0.29) is 16.6 Å². The van der Waals surface area contributed by atoms with Crippen molar-refractivity contribution >= 4 is 21.4 Å². The lowest BCUT2D eigenvalue weighted by molar-refractivity contribution is -0.384. The van der Waals surface area contributed by atoms with Gasteiger partial charge in [-0.3, -0.25) is 10.1 Å². The summed E-state index contributed by atoms with van der Waals surface area (Å²) >= 11 is 0. The van der Waals surface area contributed by atoms with E-state index in [1.54, 1.807) is 4.90 Å². The fourth-order valence-corrected chi connectivity index (χ4v) is 2.66. The number of sulfonamides is 1. The molecule has 0 bridgehead atoms. The number of nitrogens with two attached hydrogens (primary N) is 1. The third-order valence-electron chi connectivity index (χ3n) is 2.97. The topological polar surface area (TPSA) is 119 Å². The molecule has 1 aliphatic rings. The average Bonchev–Trinajstić information content (AvgIpc) is 2.34. The van der Waals surface area contributed by atoms with Gasteiger partial charge >= 0.3 is 0 Å². The van der Waals surface area contributed by atoms with Gasteiger partial charge in [0.05, 0.1) is 9.82 Å². The maximum Gasteiger partial charge on any atom is 0.293 e. The number of anilines is 1. The van der Waals surface area contributed by atoms with Gasteiger partial charge in [0.15, 0.2) is 0 Å². The minimum atomic E-state index is -3.69. The van der Waals surface area contributed by atoms with Gasteiger partial charge in [-0.2, -0.15) is 0 Å². The Morgan fingerprint density at radius 2 is 2.11 bits per heavy atom. The lowest BCUT2D eigenvalue weighted by atomic mass is 10.1. The highest BCUT2D eigenvalue weighted by Gasteiger charge is 2.30. The fourth-order valence-electron chi connectivity index (χ4n) is 1.91. The third-order valence-corrected chi connectivity index (χ3v) is 4.39. The molecule has 1 aromatic rings. The third kappa shape index (κ3) is 2.53. The van der Waals surface area contributed by atoms with Gasteiger partial charge in [-0.15, -0.1) is 0 Å². The van der Waals surface area contributed by atoms with E-state index in [4.69, 9.17) is 5.73 Å². The normalized spacial score (nSPS) is 16.2. The zero-order chi connectivity index (χ0) is 14.2. The van der Waals surface area contributed by atoms with Crippen molar-refractivity contribution in [3.63, 3.8) is 0 Å². The van der Waals surface area contributed by atoms with Crippen molar-refractivity contribution < 1.29 is 13.3 Å². The van der Waals surface area contributed by atoms with Crippen LogP contribution in [-0.4, -0.2) is 39.5 Å². The largest absolute Gasteiger partial charge is 0.363 e. The number of nitrogens with zero attached hydrogens (tertiary/aromatic N) is 2. The molecule has 0 radical (unpaired) electrons. The number of nitro groups is 1. The molecule has 2 rings (SSSR count). The molecule has 0 amide bonds. The first-order valence-electron chi connectivity index (χ1n) is 5.57. The van der Waals surface area contributed by atoms with Crippen LogP contribution in [0.2, 0.25) is 0 Å². The molecule has 1 fully saturated rings. The molecular formula is C10H14N4O4S. The van der Waals surface area contributed by atoms with Gasteiger partial charge in [0, 0.05) is 25.2 Å². The second kappa shape index (κ2) is 4.76. The number of rotatable bonds is 4. The quantitative estimate of drug-likeness (QED) is 0.577. The summed E-state index contributed by atoms with van der Waals surface area (Å²) in [4.78, 5) is 12.1. The Kier molecular flexibility index (Phi) is 3.43. The summed E-state index contributed by atoms with van der Waals surface area (Å²) in [7, 11) is -2.44. The zero-order valence-corrected chi connectivity index (χ0v) is 11.1. The monoisotopic (exact) mass is 286 g/mol. The predicted octanol–water partition coefficient (Wildman–Crippen LogP) is -0.350. The lowest BCUT2D eigenvalue weighted by Crippen LogP contribution is -2.56. The van der Waals surface area contributed by atoms with Crippen LogP contribution in [0.4, 0.5) is 11.4 Å². The molecule has 1 aliphatic heterocycles. The summed E-state index contributed by atoms with van der Waals surface area (Å²) in [6.45, 7) is 1.05. The summed E-state index contributed by atoms with van der Waals surface area (Å²) < 4.78 is 25.4. The van der Waals surface area contributed by atoms with Crippen molar-refractivity contribution in [1.82, 2.24) is 4.72 Å². The number of hydrogen-bond donors (Lipinski definition) is 2. The van der Waals surface area contributed by atoms with Gasteiger partial charge in [-0.25, -0.2) is 13.1 Å². The molecule has 19 heavy (non-hydrogen) atoms. The van der Waals surface area contributed by atoms with Crippen LogP contribution in [0.15, 0.2) is 23.1 Å². The van der Waals surface area contributed by atoms with Crippen molar-refractivity contribution in [1.29, 1.82) is 0 Å². The van der Waals surface area contributed by atoms with E-state index in [2.05, 4.69) is 4.72 Å². The molecule has 0 aromatic heterocycles. The van der Waals surface area contributed by atoms with Crippen LogP contribution in [0.3, 0.4) is 0 Å². The zero-order valence-electron chi connectivity index (χ0n) is 10.2. The Morgan fingerprint density at radius 1 is 1.47 bits per heavy atom. The Labute approximate surface area is 110 Å². The SMILES string of the molecule is CNS(=O)(=O)c1ccc(N2CC(N)C2)c([N+](=O)[O-])c1. The minimum Gasteiger partial charge on any atom is -0.363 e. The van der Waals surface area contributed by atoms with Crippen LogP contribution in [0.5, 0.6) is 0 Å². The highest BCUT2D eigenvalue weighted by atomic mass is 32.2. The molecule has 1 saturated heterocycles. The van der Waals surface area contributed by atoms with E-state index >= 15 is 0 Å². The molecular weight excluding hydrogens is 272 g/mol. The van der Waals surface area contributed by atoms with Crippen molar-refractivity contribution in [2.24, 2.45) is 5.73 Å². The van der Waals surface area contributed by atoms with E-state index in [0.29, 0.717) is 18.8 Å². The van der Waals surface area contributed by atoms with E-state index in [9.17, 15) is 18.5 Å². The Balaban J connectivity index is 2.45. The number of benzene rings is 1. The first-order valence-corrected chi connectivity index (χ1v) is 7.06. The number of hydrogen-bond acceptors (Lipinski definition) is 6. The molecule has 1 aromatic carbocycles. The first kappa shape index (κ1) is 13.7. The van der Waals surface area contributed by atoms with E-state index < -0.39 is 14.9 Å². The molecule has 8 nitrogen and oxygen atoms in total. The highest BCUT2D eigenvalue weighted by Crippen LogP contribution is 2.32. The summed E-state index contributed by atoms with van der Waals surface area (Å²) in [5.74, 6) is 0. The van der Waals surface area contributed by atoms with Crippen LogP contribution in [0.25, 0.3) is 0 Å².